The number of hydrogen-bond donors (Lipinski definition) is 1. The van der Waals surface area contributed by atoms with Crippen LogP contribution in [-0.2, 0) is 17.8 Å². The first kappa shape index (κ1) is 24.0. The fourth-order valence-corrected chi connectivity index (χ4v) is 3.72. The molecule has 1 heterocycles. The second kappa shape index (κ2) is 13.9. The highest BCUT2D eigenvalue weighted by molar-refractivity contribution is 5.92. The lowest BCUT2D eigenvalue weighted by Crippen LogP contribution is -2.19. The lowest BCUT2D eigenvalue weighted by atomic mass is 10.0. The fourth-order valence-electron chi connectivity index (χ4n) is 3.72. The van der Waals surface area contributed by atoms with Gasteiger partial charge in [-0.05, 0) is 34.4 Å². The molecule has 6 heteroatoms. The monoisotopic (exact) mass is 413 g/mol. The van der Waals surface area contributed by atoms with Gasteiger partial charge in [0.1, 0.15) is 0 Å². The van der Waals surface area contributed by atoms with E-state index in [-0.39, 0.29) is 12.3 Å². The lowest BCUT2D eigenvalue weighted by molar-refractivity contribution is -0.115. The van der Waals surface area contributed by atoms with Crippen LogP contribution in [0.4, 0.5) is 5.69 Å². The average Bonchev–Trinajstić information content (AvgIpc) is 3.16. The molecule has 1 amide bonds. The van der Waals surface area contributed by atoms with E-state index < -0.39 is 0 Å². The third-order valence-corrected chi connectivity index (χ3v) is 5.51. The SMILES string of the molecule is CCCCCCCCCCCCn1nnnc1CC(=O)Nc1ccccc1C(C)C. The van der Waals surface area contributed by atoms with Crippen LogP contribution in [0.1, 0.15) is 102 Å². The van der Waals surface area contributed by atoms with Crippen molar-refractivity contribution < 1.29 is 4.79 Å². The van der Waals surface area contributed by atoms with Crippen LogP contribution in [0.2, 0.25) is 0 Å². The molecular weight excluding hydrogens is 374 g/mol. The molecule has 0 spiro atoms. The van der Waals surface area contributed by atoms with Crippen molar-refractivity contribution >= 4 is 11.6 Å². The van der Waals surface area contributed by atoms with E-state index in [0.29, 0.717) is 11.7 Å². The maximum absolute atomic E-state index is 12.5. The van der Waals surface area contributed by atoms with Gasteiger partial charge in [-0.1, -0.05) is 96.8 Å². The predicted octanol–water partition coefficient (Wildman–Crippen LogP) is 5.90. The van der Waals surface area contributed by atoms with Crippen molar-refractivity contribution in [2.75, 3.05) is 5.32 Å². The van der Waals surface area contributed by atoms with Gasteiger partial charge in [-0.3, -0.25) is 4.79 Å². The quantitative estimate of drug-likeness (QED) is 0.369. The van der Waals surface area contributed by atoms with Gasteiger partial charge in [0.05, 0.1) is 6.42 Å². The molecule has 0 bridgehead atoms. The van der Waals surface area contributed by atoms with E-state index in [1.165, 1.54) is 57.8 Å². The molecule has 1 aromatic heterocycles. The Labute approximate surface area is 181 Å². The molecule has 0 saturated carbocycles. The van der Waals surface area contributed by atoms with Crippen molar-refractivity contribution in [3.63, 3.8) is 0 Å². The van der Waals surface area contributed by atoms with E-state index in [0.717, 1.165) is 24.2 Å². The number of tetrazole rings is 1. The van der Waals surface area contributed by atoms with Gasteiger partial charge in [-0.15, -0.1) is 5.10 Å². The Morgan fingerprint density at radius 1 is 0.967 bits per heavy atom. The molecule has 6 nitrogen and oxygen atoms in total. The number of anilines is 1. The van der Waals surface area contributed by atoms with Crippen molar-refractivity contribution in [2.45, 2.75) is 104 Å². The summed E-state index contributed by atoms with van der Waals surface area (Å²) in [4.78, 5) is 12.5. The van der Waals surface area contributed by atoms with Gasteiger partial charge in [-0.25, -0.2) is 4.68 Å². The first-order chi connectivity index (χ1) is 14.6. The van der Waals surface area contributed by atoms with E-state index in [1.807, 2.05) is 18.2 Å². The van der Waals surface area contributed by atoms with Crippen molar-refractivity contribution in [1.29, 1.82) is 0 Å². The van der Waals surface area contributed by atoms with Gasteiger partial charge in [0, 0.05) is 12.2 Å². The molecule has 0 unspecified atom stereocenters. The molecule has 0 radical (unpaired) electrons. The molecule has 0 aliphatic rings. The van der Waals surface area contributed by atoms with Crippen LogP contribution in [0.25, 0.3) is 0 Å². The van der Waals surface area contributed by atoms with Crippen LogP contribution in [-0.4, -0.2) is 26.1 Å². The number of benzene rings is 1. The summed E-state index contributed by atoms with van der Waals surface area (Å²) in [6.45, 7) is 7.28. The van der Waals surface area contributed by atoms with E-state index in [4.69, 9.17) is 0 Å². The topological polar surface area (TPSA) is 72.7 Å². The van der Waals surface area contributed by atoms with Crippen molar-refractivity contribution in [1.82, 2.24) is 20.2 Å². The summed E-state index contributed by atoms with van der Waals surface area (Å²) in [6, 6.07) is 7.93. The minimum Gasteiger partial charge on any atom is -0.325 e. The largest absolute Gasteiger partial charge is 0.325 e. The molecule has 0 atom stereocenters. The molecule has 166 valence electrons. The number of aromatic nitrogens is 4. The Morgan fingerprint density at radius 2 is 1.60 bits per heavy atom. The number of aryl methyl sites for hydroxylation is 1. The minimum absolute atomic E-state index is 0.0813. The molecule has 1 aromatic carbocycles. The van der Waals surface area contributed by atoms with Crippen LogP contribution in [0.15, 0.2) is 24.3 Å². The number of hydrogen-bond acceptors (Lipinski definition) is 4. The molecule has 0 saturated heterocycles. The first-order valence-corrected chi connectivity index (χ1v) is 11.8. The number of amides is 1. The second-order valence-corrected chi connectivity index (χ2v) is 8.47. The summed E-state index contributed by atoms with van der Waals surface area (Å²) in [5.74, 6) is 0.899. The zero-order chi connectivity index (χ0) is 21.6. The van der Waals surface area contributed by atoms with Gasteiger partial charge in [0.25, 0.3) is 0 Å². The number of nitrogens with zero attached hydrogens (tertiary/aromatic N) is 4. The van der Waals surface area contributed by atoms with Gasteiger partial charge in [0.2, 0.25) is 5.91 Å². The highest BCUT2D eigenvalue weighted by Gasteiger charge is 2.14. The third-order valence-electron chi connectivity index (χ3n) is 5.51. The summed E-state index contributed by atoms with van der Waals surface area (Å²) in [5.41, 5.74) is 2.00. The molecule has 0 fully saturated rings. The summed E-state index contributed by atoms with van der Waals surface area (Å²) in [7, 11) is 0. The molecule has 0 aliphatic heterocycles. The molecule has 2 aromatic rings. The Kier molecular flexibility index (Phi) is 11.1. The Balaban J connectivity index is 1.68. The number of rotatable bonds is 15. The molecule has 1 N–H and O–H groups in total. The van der Waals surface area contributed by atoms with Crippen LogP contribution in [0, 0.1) is 0 Å². The number of unbranched alkanes of at least 4 members (excludes halogenated alkanes) is 9. The number of nitrogens with one attached hydrogen (secondary N) is 1. The first-order valence-electron chi connectivity index (χ1n) is 11.8. The number of carbonyl (C=O) groups excluding carboxylic acids is 1. The highest BCUT2D eigenvalue weighted by atomic mass is 16.1. The fraction of sp³-hybridized carbons (Fsp3) is 0.667. The highest BCUT2D eigenvalue weighted by Crippen LogP contribution is 2.23. The summed E-state index contributed by atoms with van der Waals surface area (Å²) in [6.07, 6.45) is 13.2. The predicted molar refractivity (Wildman–Crippen MR) is 123 cm³/mol. The van der Waals surface area contributed by atoms with Crippen molar-refractivity contribution in [2.24, 2.45) is 0 Å². The zero-order valence-corrected chi connectivity index (χ0v) is 19.1. The summed E-state index contributed by atoms with van der Waals surface area (Å²) < 4.78 is 1.78. The molecular formula is C24H39N5O. The Bertz CT molecular complexity index is 741. The average molecular weight is 414 g/mol. The molecule has 2 rings (SSSR count). The van der Waals surface area contributed by atoms with Crippen LogP contribution < -0.4 is 5.32 Å². The Hall–Kier alpha value is -2.24. The molecule has 0 aliphatic carbocycles. The van der Waals surface area contributed by atoms with Gasteiger partial charge in [-0.2, -0.15) is 0 Å². The minimum atomic E-state index is -0.0813. The second-order valence-electron chi connectivity index (χ2n) is 8.47. The molecule has 30 heavy (non-hydrogen) atoms. The number of carbonyl (C=O) groups is 1. The van der Waals surface area contributed by atoms with Gasteiger partial charge < -0.3 is 5.32 Å². The standard InChI is InChI=1S/C24H39N5O/c1-4-5-6-7-8-9-10-11-12-15-18-29-23(26-27-28-29)19-24(30)25-22-17-14-13-16-21(22)20(2)3/h13-14,16-17,20H,4-12,15,18-19H2,1-3H3,(H,25,30). The van der Waals surface area contributed by atoms with Crippen LogP contribution >= 0.6 is 0 Å². The van der Waals surface area contributed by atoms with E-state index in [9.17, 15) is 4.79 Å². The van der Waals surface area contributed by atoms with Crippen molar-refractivity contribution in [3.05, 3.63) is 35.7 Å². The third kappa shape index (κ3) is 8.64. The van der Waals surface area contributed by atoms with Crippen LogP contribution in [0.5, 0.6) is 0 Å². The van der Waals surface area contributed by atoms with Crippen molar-refractivity contribution in [3.8, 4) is 0 Å². The zero-order valence-electron chi connectivity index (χ0n) is 19.1. The smallest absolute Gasteiger partial charge is 0.232 e. The normalized spacial score (nSPS) is 11.2. The van der Waals surface area contributed by atoms with E-state index >= 15 is 0 Å². The van der Waals surface area contributed by atoms with Gasteiger partial charge in [0.15, 0.2) is 5.82 Å². The lowest BCUT2D eigenvalue weighted by Gasteiger charge is -2.13. The van der Waals surface area contributed by atoms with Gasteiger partial charge >= 0.3 is 0 Å². The maximum Gasteiger partial charge on any atom is 0.232 e. The van der Waals surface area contributed by atoms with E-state index in [2.05, 4.69) is 47.7 Å². The van der Waals surface area contributed by atoms with Crippen LogP contribution in [0.3, 0.4) is 0 Å². The van der Waals surface area contributed by atoms with E-state index in [1.54, 1.807) is 4.68 Å². The number of para-hydroxylation sites is 1. The maximum atomic E-state index is 12.5. The summed E-state index contributed by atoms with van der Waals surface area (Å²) >= 11 is 0. The Morgan fingerprint density at radius 3 is 2.27 bits per heavy atom. The summed E-state index contributed by atoms with van der Waals surface area (Å²) in [5, 5.41) is 14.9.